The molecule has 1 aromatic rings. The molecule has 0 fully saturated rings. The molecule has 0 heterocycles. The van der Waals surface area contributed by atoms with Crippen LogP contribution in [0.1, 0.15) is 17.5 Å². The molecule has 1 N–H and O–H groups in total. The molecule has 1 rings (SSSR count). The van der Waals surface area contributed by atoms with E-state index in [9.17, 15) is 9.59 Å². The number of rotatable bonds is 6. The molecule has 0 bridgehead atoms. The SMILES string of the molecule is COC(=O)CCc1cccc(CNC(=O)CCl)c1. The number of carbonyl (C=O) groups is 2. The third kappa shape index (κ3) is 5.19. The van der Waals surface area contributed by atoms with Gasteiger partial charge in [0.2, 0.25) is 5.91 Å². The van der Waals surface area contributed by atoms with Crippen LogP contribution in [0.5, 0.6) is 0 Å². The fourth-order valence-corrected chi connectivity index (χ4v) is 1.59. The van der Waals surface area contributed by atoms with Gasteiger partial charge in [-0.1, -0.05) is 24.3 Å². The van der Waals surface area contributed by atoms with E-state index in [2.05, 4.69) is 10.1 Å². The highest BCUT2D eigenvalue weighted by Gasteiger charge is 2.03. The van der Waals surface area contributed by atoms with Crippen LogP contribution in [0.4, 0.5) is 0 Å². The van der Waals surface area contributed by atoms with E-state index in [-0.39, 0.29) is 17.8 Å². The molecule has 0 spiro atoms. The lowest BCUT2D eigenvalue weighted by Gasteiger charge is -2.06. The molecule has 1 amide bonds. The molecule has 0 saturated heterocycles. The minimum Gasteiger partial charge on any atom is -0.469 e. The number of aryl methyl sites for hydroxylation is 1. The highest BCUT2D eigenvalue weighted by Crippen LogP contribution is 2.08. The number of hydrogen-bond acceptors (Lipinski definition) is 3. The fraction of sp³-hybridized carbons (Fsp3) is 0.385. The van der Waals surface area contributed by atoms with Crippen molar-refractivity contribution < 1.29 is 14.3 Å². The van der Waals surface area contributed by atoms with Gasteiger partial charge in [0.1, 0.15) is 5.88 Å². The Hall–Kier alpha value is -1.55. The zero-order chi connectivity index (χ0) is 13.4. The lowest BCUT2D eigenvalue weighted by Crippen LogP contribution is -2.23. The Morgan fingerprint density at radius 3 is 2.72 bits per heavy atom. The molecule has 0 saturated carbocycles. The second kappa shape index (κ2) is 7.71. The van der Waals surface area contributed by atoms with Gasteiger partial charge in [-0.15, -0.1) is 11.6 Å². The molecular weight excluding hydrogens is 254 g/mol. The van der Waals surface area contributed by atoms with Gasteiger partial charge in [0.25, 0.3) is 0 Å². The summed E-state index contributed by atoms with van der Waals surface area (Å²) in [6.45, 7) is 0.442. The summed E-state index contributed by atoms with van der Waals surface area (Å²) in [5.74, 6) is -0.463. The van der Waals surface area contributed by atoms with Gasteiger partial charge in [-0.3, -0.25) is 9.59 Å². The molecule has 18 heavy (non-hydrogen) atoms. The maximum absolute atomic E-state index is 11.0. The molecular formula is C13H16ClNO3. The minimum atomic E-state index is -0.226. The molecule has 1 aromatic carbocycles. The van der Waals surface area contributed by atoms with Crippen molar-refractivity contribution >= 4 is 23.5 Å². The van der Waals surface area contributed by atoms with Gasteiger partial charge in [-0.2, -0.15) is 0 Å². The maximum Gasteiger partial charge on any atom is 0.305 e. The van der Waals surface area contributed by atoms with Gasteiger partial charge in [0.05, 0.1) is 7.11 Å². The van der Waals surface area contributed by atoms with Crippen molar-refractivity contribution in [3.8, 4) is 0 Å². The van der Waals surface area contributed by atoms with Gasteiger partial charge in [0, 0.05) is 13.0 Å². The normalized spacial score (nSPS) is 9.89. The van der Waals surface area contributed by atoms with E-state index in [4.69, 9.17) is 11.6 Å². The molecule has 4 nitrogen and oxygen atoms in total. The highest BCUT2D eigenvalue weighted by molar-refractivity contribution is 6.27. The van der Waals surface area contributed by atoms with E-state index in [0.717, 1.165) is 11.1 Å². The van der Waals surface area contributed by atoms with Crippen LogP contribution >= 0.6 is 11.6 Å². The number of methoxy groups -OCH3 is 1. The van der Waals surface area contributed by atoms with E-state index < -0.39 is 0 Å². The number of nitrogens with one attached hydrogen (secondary N) is 1. The number of alkyl halides is 1. The van der Waals surface area contributed by atoms with Crippen LogP contribution in [0.15, 0.2) is 24.3 Å². The quantitative estimate of drug-likeness (QED) is 0.631. The monoisotopic (exact) mass is 269 g/mol. The van der Waals surface area contributed by atoms with Crippen molar-refractivity contribution in [2.75, 3.05) is 13.0 Å². The largest absolute Gasteiger partial charge is 0.469 e. The summed E-state index contributed by atoms with van der Waals surface area (Å²) in [7, 11) is 1.38. The number of hydrogen-bond donors (Lipinski definition) is 1. The Balaban J connectivity index is 2.51. The Kier molecular flexibility index (Phi) is 6.22. The standard InChI is InChI=1S/C13H16ClNO3/c1-18-13(17)6-5-10-3-2-4-11(7-10)9-15-12(16)8-14/h2-4,7H,5-6,8-9H2,1H3,(H,15,16). The lowest BCUT2D eigenvalue weighted by atomic mass is 10.1. The third-order valence-electron chi connectivity index (χ3n) is 2.45. The number of amides is 1. The molecule has 0 unspecified atom stereocenters. The number of esters is 1. The second-order valence-electron chi connectivity index (χ2n) is 3.81. The van der Waals surface area contributed by atoms with Crippen LogP contribution in [0.25, 0.3) is 0 Å². The fourth-order valence-electron chi connectivity index (χ4n) is 1.49. The van der Waals surface area contributed by atoms with E-state index in [1.54, 1.807) is 0 Å². The van der Waals surface area contributed by atoms with Crippen molar-refractivity contribution in [2.24, 2.45) is 0 Å². The minimum absolute atomic E-state index is 0.0397. The van der Waals surface area contributed by atoms with Crippen LogP contribution in [-0.4, -0.2) is 24.9 Å². The zero-order valence-corrected chi connectivity index (χ0v) is 11.0. The van der Waals surface area contributed by atoms with Gasteiger partial charge < -0.3 is 10.1 Å². The Morgan fingerprint density at radius 2 is 2.06 bits per heavy atom. The zero-order valence-electron chi connectivity index (χ0n) is 10.2. The third-order valence-corrected chi connectivity index (χ3v) is 2.69. The van der Waals surface area contributed by atoms with Crippen molar-refractivity contribution in [2.45, 2.75) is 19.4 Å². The topological polar surface area (TPSA) is 55.4 Å². The summed E-state index contributed by atoms with van der Waals surface area (Å²) in [5, 5.41) is 2.69. The smallest absolute Gasteiger partial charge is 0.305 e. The molecule has 0 aliphatic heterocycles. The Labute approximate surface area is 111 Å². The summed E-state index contributed by atoms with van der Waals surface area (Å²) < 4.78 is 4.59. The predicted octanol–water partition coefficient (Wildman–Crippen LogP) is 1.65. The predicted molar refractivity (Wildman–Crippen MR) is 69.3 cm³/mol. The number of halogens is 1. The van der Waals surface area contributed by atoms with E-state index in [1.807, 2.05) is 24.3 Å². The molecule has 0 aromatic heterocycles. The van der Waals surface area contributed by atoms with Crippen molar-refractivity contribution in [1.29, 1.82) is 0 Å². The average molecular weight is 270 g/mol. The first kappa shape index (κ1) is 14.5. The number of benzene rings is 1. The lowest BCUT2D eigenvalue weighted by molar-refractivity contribution is -0.140. The van der Waals surface area contributed by atoms with Crippen LogP contribution in [0, 0.1) is 0 Å². The van der Waals surface area contributed by atoms with Crippen LogP contribution in [0.2, 0.25) is 0 Å². The Bertz CT molecular complexity index is 385. The first-order valence-electron chi connectivity index (χ1n) is 5.63. The van der Waals surface area contributed by atoms with Gasteiger partial charge in [-0.05, 0) is 17.5 Å². The number of ether oxygens (including phenoxy) is 1. The molecule has 98 valence electrons. The summed E-state index contributed by atoms with van der Waals surface area (Å²) in [4.78, 5) is 22.0. The van der Waals surface area contributed by atoms with Crippen molar-refractivity contribution in [1.82, 2.24) is 5.32 Å². The van der Waals surface area contributed by atoms with Gasteiger partial charge in [0.15, 0.2) is 0 Å². The summed E-state index contributed by atoms with van der Waals surface area (Å²) in [6.07, 6.45) is 0.984. The van der Waals surface area contributed by atoms with E-state index in [0.29, 0.717) is 19.4 Å². The van der Waals surface area contributed by atoms with E-state index in [1.165, 1.54) is 7.11 Å². The van der Waals surface area contributed by atoms with Gasteiger partial charge >= 0.3 is 5.97 Å². The molecule has 0 aliphatic rings. The first-order valence-corrected chi connectivity index (χ1v) is 6.16. The number of carbonyl (C=O) groups excluding carboxylic acids is 2. The van der Waals surface area contributed by atoms with Gasteiger partial charge in [-0.25, -0.2) is 0 Å². The maximum atomic E-state index is 11.0. The summed E-state index contributed by atoms with van der Waals surface area (Å²) in [6, 6.07) is 7.71. The van der Waals surface area contributed by atoms with Crippen molar-refractivity contribution in [3.05, 3.63) is 35.4 Å². The van der Waals surface area contributed by atoms with Crippen LogP contribution in [-0.2, 0) is 27.3 Å². The molecule has 0 atom stereocenters. The van der Waals surface area contributed by atoms with Crippen LogP contribution < -0.4 is 5.32 Å². The van der Waals surface area contributed by atoms with Crippen molar-refractivity contribution in [3.63, 3.8) is 0 Å². The first-order chi connectivity index (χ1) is 8.65. The Morgan fingerprint density at radius 1 is 1.33 bits per heavy atom. The molecule has 0 radical (unpaired) electrons. The molecule has 0 aliphatic carbocycles. The average Bonchev–Trinajstić information content (AvgIpc) is 2.42. The summed E-state index contributed by atoms with van der Waals surface area (Å²) >= 11 is 5.39. The highest BCUT2D eigenvalue weighted by atomic mass is 35.5. The summed E-state index contributed by atoms with van der Waals surface area (Å²) in [5.41, 5.74) is 2.02. The van der Waals surface area contributed by atoms with Crippen LogP contribution in [0.3, 0.4) is 0 Å². The second-order valence-corrected chi connectivity index (χ2v) is 4.07. The molecule has 5 heteroatoms. The van der Waals surface area contributed by atoms with E-state index >= 15 is 0 Å².